The average molecular weight is 391 g/mol. The molecule has 0 saturated carbocycles. The number of benzene rings is 1. The van der Waals surface area contributed by atoms with Gasteiger partial charge >= 0.3 is 6.16 Å². The first-order valence-electron chi connectivity index (χ1n) is 9.28. The van der Waals surface area contributed by atoms with Gasteiger partial charge in [-0.3, -0.25) is 4.98 Å². The zero-order valence-electron chi connectivity index (χ0n) is 16.4. The fourth-order valence-electron chi connectivity index (χ4n) is 3.41. The minimum Gasteiger partial charge on any atom is -0.431 e. The third-order valence-electron chi connectivity index (χ3n) is 4.50. The van der Waals surface area contributed by atoms with E-state index < -0.39 is 6.16 Å². The molecule has 0 saturated heterocycles. The molecule has 4 rings (SSSR count). The molecule has 0 radical (unpaired) electrons. The van der Waals surface area contributed by atoms with Crippen molar-refractivity contribution in [3.05, 3.63) is 54.5 Å². The first-order chi connectivity index (χ1) is 14.1. The fraction of sp³-hybridized carbons (Fsp3) is 0.227. The van der Waals surface area contributed by atoms with E-state index in [4.69, 9.17) is 14.2 Å². The van der Waals surface area contributed by atoms with E-state index in [1.807, 2.05) is 36.5 Å². The van der Waals surface area contributed by atoms with E-state index in [1.165, 1.54) is 0 Å². The van der Waals surface area contributed by atoms with Gasteiger partial charge in [-0.15, -0.1) is 0 Å². The standard InChI is InChI=1S/C22H21N3O4/c1-13(2)28-22(26)29-21-16(12-27-3)20-18(11-24-21)25-17-8-4-7-15(19(17)20)14-6-5-9-23-10-14/h4-11,13,25H,12H2,1-3H3. The van der Waals surface area contributed by atoms with Gasteiger partial charge < -0.3 is 19.2 Å². The van der Waals surface area contributed by atoms with Crippen molar-refractivity contribution in [1.82, 2.24) is 15.0 Å². The van der Waals surface area contributed by atoms with Crippen molar-refractivity contribution in [2.45, 2.75) is 26.6 Å². The molecule has 0 aliphatic rings. The Morgan fingerprint density at radius 1 is 1.10 bits per heavy atom. The maximum atomic E-state index is 12.1. The molecule has 29 heavy (non-hydrogen) atoms. The van der Waals surface area contributed by atoms with Crippen LogP contribution in [0.4, 0.5) is 4.79 Å². The van der Waals surface area contributed by atoms with Gasteiger partial charge in [-0.1, -0.05) is 18.2 Å². The number of H-pyrrole nitrogens is 1. The van der Waals surface area contributed by atoms with E-state index in [1.54, 1.807) is 33.4 Å². The lowest BCUT2D eigenvalue weighted by molar-refractivity contribution is 0.0705. The predicted molar refractivity (Wildman–Crippen MR) is 110 cm³/mol. The van der Waals surface area contributed by atoms with Gasteiger partial charge in [0.25, 0.3) is 0 Å². The van der Waals surface area contributed by atoms with E-state index in [2.05, 4.69) is 15.0 Å². The lowest BCUT2D eigenvalue weighted by Crippen LogP contribution is -2.17. The van der Waals surface area contributed by atoms with E-state index in [-0.39, 0.29) is 18.6 Å². The predicted octanol–water partition coefficient (Wildman–Crippen LogP) is 4.85. The number of ether oxygens (including phenoxy) is 3. The molecule has 0 unspecified atom stereocenters. The number of methoxy groups -OCH3 is 1. The van der Waals surface area contributed by atoms with Crippen LogP contribution in [-0.2, 0) is 16.1 Å². The molecule has 3 heterocycles. The van der Waals surface area contributed by atoms with Crippen LogP contribution < -0.4 is 4.74 Å². The highest BCUT2D eigenvalue weighted by molar-refractivity contribution is 6.15. The summed E-state index contributed by atoms with van der Waals surface area (Å²) in [4.78, 5) is 24.0. The molecule has 0 amide bonds. The van der Waals surface area contributed by atoms with Crippen LogP contribution in [0.1, 0.15) is 19.4 Å². The van der Waals surface area contributed by atoms with Gasteiger partial charge in [-0.05, 0) is 31.5 Å². The number of pyridine rings is 2. The monoisotopic (exact) mass is 391 g/mol. The van der Waals surface area contributed by atoms with Crippen LogP contribution in [-0.4, -0.2) is 34.3 Å². The molecule has 1 N–H and O–H groups in total. The largest absolute Gasteiger partial charge is 0.515 e. The summed E-state index contributed by atoms with van der Waals surface area (Å²) in [6.45, 7) is 3.74. The van der Waals surface area contributed by atoms with E-state index in [0.717, 1.165) is 32.9 Å². The molecule has 7 nitrogen and oxygen atoms in total. The third kappa shape index (κ3) is 3.64. The number of aromatic amines is 1. The molecule has 4 aromatic rings. The van der Waals surface area contributed by atoms with Gasteiger partial charge in [-0.2, -0.15) is 0 Å². The first kappa shape index (κ1) is 18.9. The number of carbonyl (C=O) groups excluding carboxylic acids is 1. The SMILES string of the molecule is COCc1c(OC(=O)OC(C)C)ncc2[nH]c3cccc(-c4cccnc4)c3c12. The average Bonchev–Trinajstić information content (AvgIpc) is 3.09. The van der Waals surface area contributed by atoms with Crippen molar-refractivity contribution in [3.63, 3.8) is 0 Å². The fourth-order valence-corrected chi connectivity index (χ4v) is 3.41. The lowest BCUT2D eigenvalue weighted by Gasteiger charge is -2.12. The van der Waals surface area contributed by atoms with Crippen LogP contribution in [0.2, 0.25) is 0 Å². The van der Waals surface area contributed by atoms with Crippen molar-refractivity contribution in [3.8, 4) is 17.0 Å². The van der Waals surface area contributed by atoms with Crippen molar-refractivity contribution < 1.29 is 19.0 Å². The number of carbonyl (C=O) groups is 1. The van der Waals surface area contributed by atoms with Gasteiger partial charge in [0.05, 0.1) is 30.0 Å². The Morgan fingerprint density at radius 3 is 2.69 bits per heavy atom. The molecule has 3 aromatic heterocycles. The van der Waals surface area contributed by atoms with E-state index in [0.29, 0.717) is 5.56 Å². The molecule has 0 spiro atoms. The van der Waals surface area contributed by atoms with Crippen LogP contribution in [0.5, 0.6) is 5.88 Å². The van der Waals surface area contributed by atoms with Crippen LogP contribution in [0.15, 0.2) is 48.9 Å². The smallest absolute Gasteiger partial charge is 0.431 e. The van der Waals surface area contributed by atoms with Crippen LogP contribution >= 0.6 is 0 Å². The van der Waals surface area contributed by atoms with Crippen LogP contribution in [0.3, 0.4) is 0 Å². The zero-order valence-corrected chi connectivity index (χ0v) is 16.4. The third-order valence-corrected chi connectivity index (χ3v) is 4.50. The Hall–Kier alpha value is -3.45. The summed E-state index contributed by atoms with van der Waals surface area (Å²) in [6.07, 6.45) is 4.13. The topological polar surface area (TPSA) is 86.3 Å². The molecule has 1 aromatic carbocycles. The lowest BCUT2D eigenvalue weighted by atomic mass is 9.99. The van der Waals surface area contributed by atoms with Gasteiger partial charge in [0.1, 0.15) is 0 Å². The highest BCUT2D eigenvalue weighted by Crippen LogP contribution is 2.38. The first-order valence-corrected chi connectivity index (χ1v) is 9.28. The Bertz CT molecular complexity index is 1170. The second-order valence-electron chi connectivity index (χ2n) is 6.88. The number of aromatic nitrogens is 3. The van der Waals surface area contributed by atoms with E-state index >= 15 is 0 Å². The molecule has 0 aliphatic carbocycles. The van der Waals surface area contributed by atoms with Gasteiger partial charge in [0.2, 0.25) is 5.88 Å². The molecule has 0 atom stereocenters. The summed E-state index contributed by atoms with van der Waals surface area (Å²) >= 11 is 0. The Labute approximate surface area is 167 Å². The number of nitrogens with zero attached hydrogens (tertiary/aromatic N) is 2. The molecular weight excluding hydrogens is 370 g/mol. The number of fused-ring (bicyclic) bond motifs is 3. The van der Waals surface area contributed by atoms with Gasteiger partial charge in [0.15, 0.2) is 0 Å². The Morgan fingerprint density at radius 2 is 1.97 bits per heavy atom. The normalized spacial score (nSPS) is 11.3. The summed E-state index contributed by atoms with van der Waals surface area (Å²) in [7, 11) is 1.59. The minimum absolute atomic E-state index is 0.173. The molecule has 7 heteroatoms. The summed E-state index contributed by atoms with van der Waals surface area (Å²) < 4.78 is 15.9. The highest BCUT2D eigenvalue weighted by Gasteiger charge is 2.20. The highest BCUT2D eigenvalue weighted by atomic mass is 16.7. The van der Waals surface area contributed by atoms with Crippen molar-refractivity contribution in [2.24, 2.45) is 0 Å². The number of rotatable bonds is 5. The molecule has 0 fully saturated rings. The summed E-state index contributed by atoms with van der Waals surface area (Å²) in [5.74, 6) is 0.173. The number of nitrogens with one attached hydrogen (secondary N) is 1. The van der Waals surface area contributed by atoms with Gasteiger partial charge in [0, 0.05) is 41.4 Å². The second kappa shape index (κ2) is 7.89. The maximum absolute atomic E-state index is 12.1. The summed E-state index contributed by atoms with van der Waals surface area (Å²) in [5, 5.41) is 1.88. The Kier molecular flexibility index (Phi) is 5.14. The van der Waals surface area contributed by atoms with Gasteiger partial charge in [-0.25, -0.2) is 9.78 Å². The maximum Gasteiger partial charge on any atom is 0.515 e. The summed E-state index contributed by atoms with van der Waals surface area (Å²) in [5.41, 5.74) is 4.45. The minimum atomic E-state index is -0.795. The van der Waals surface area contributed by atoms with Crippen molar-refractivity contribution in [1.29, 1.82) is 0 Å². The second-order valence-corrected chi connectivity index (χ2v) is 6.88. The Balaban J connectivity index is 1.95. The molecule has 0 aliphatic heterocycles. The van der Waals surface area contributed by atoms with Crippen LogP contribution in [0, 0.1) is 0 Å². The molecule has 148 valence electrons. The molecule has 0 bridgehead atoms. The van der Waals surface area contributed by atoms with Crippen LogP contribution in [0.25, 0.3) is 32.9 Å². The summed E-state index contributed by atoms with van der Waals surface area (Å²) in [6, 6.07) is 9.93. The zero-order chi connectivity index (χ0) is 20.4. The van der Waals surface area contributed by atoms with Crippen molar-refractivity contribution >= 4 is 28.0 Å². The molecular formula is C22H21N3O4. The number of hydrogen-bond acceptors (Lipinski definition) is 6. The quantitative estimate of drug-likeness (QED) is 0.490. The van der Waals surface area contributed by atoms with Crippen molar-refractivity contribution in [2.75, 3.05) is 7.11 Å². The number of hydrogen-bond donors (Lipinski definition) is 1. The van der Waals surface area contributed by atoms with E-state index in [9.17, 15) is 4.79 Å².